The van der Waals surface area contributed by atoms with Crippen LogP contribution in [0, 0.1) is 20.8 Å². The standard InChI is InChI=1S/C20H30N4O3/c1-15-6-8-18(9-7-15)27-13-10-23(4)20(25)21-14-19-16(2)22-24(17(19)3)11-12-26-5/h6-9H,10-14H2,1-5H3,(H,21,25). The Balaban J connectivity index is 1.79. The molecule has 2 rings (SSSR count). The zero-order valence-electron chi connectivity index (χ0n) is 16.9. The summed E-state index contributed by atoms with van der Waals surface area (Å²) in [5, 5.41) is 7.46. The molecule has 0 aliphatic rings. The summed E-state index contributed by atoms with van der Waals surface area (Å²) in [5.41, 5.74) is 4.21. The van der Waals surface area contributed by atoms with Crippen LogP contribution in [0.2, 0.25) is 0 Å². The number of likely N-dealkylation sites (N-methyl/N-ethyl adjacent to an activating group) is 1. The van der Waals surface area contributed by atoms with Crippen molar-refractivity contribution < 1.29 is 14.3 Å². The molecule has 1 N–H and O–H groups in total. The van der Waals surface area contributed by atoms with Crippen LogP contribution >= 0.6 is 0 Å². The van der Waals surface area contributed by atoms with Gasteiger partial charge in [-0.2, -0.15) is 5.10 Å². The number of nitrogens with zero attached hydrogens (tertiary/aromatic N) is 3. The van der Waals surface area contributed by atoms with Gasteiger partial charge in [0.2, 0.25) is 0 Å². The molecule has 148 valence electrons. The zero-order chi connectivity index (χ0) is 19.8. The van der Waals surface area contributed by atoms with Crippen molar-refractivity contribution in [3.63, 3.8) is 0 Å². The highest BCUT2D eigenvalue weighted by atomic mass is 16.5. The number of benzene rings is 1. The van der Waals surface area contributed by atoms with E-state index < -0.39 is 0 Å². The average Bonchev–Trinajstić information content (AvgIpc) is 2.92. The van der Waals surface area contributed by atoms with Gasteiger partial charge in [-0.3, -0.25) is 4.68 Å². The molecule has 0 saturated carbocycles. The molecule has 0 bridgehead atoms. The molecule has 0 saturated heterocycles. The lowest BCUT2D eigenvalue weighted by molar-refractivity contribution is 0.182. The fourth-order valence-electron chi connectivity index (χ4n) is 2.72. The molecule has 0 spiro atoms. The second-order valence-corrected chi connectivity index (χ2v) is 6.61. The van der Waals surface area contributed by atoms with Crippen LogP contribution in [0.5, 0.6) is 5.75 Å². The van der Waals surface area contributed by atoms with Crippen molar-refractivity contribution in [3.05, 3.63) is 46.8 Å². The molecule has 0 aliphatic heterocycles. The predicted octanol–water partition coefficient (Wildman–Crippen LogP) is 2.68. The number of methoxy groups -OCH3 is 1. The molecule has 2 aromatic rings. The SMILES string of the molecule is COCCn1nc(C)c(CNC(=O)N(C)CCOc2ccc(C)cc2)c1C. The molecule has 1 aromatic heterocycles. The molecule has 0 aliphatic carbocycles. The largest absolute Gasteiger partial charge is 0.492 e. The number of ether oxygens (including phenoxy) is 2. The van der Waals surface area contributed by atoms with E-state index in [4.69, 9.17) is 9.47 Å². The fourth-order valence-corrected chi connectivity index (χ4v) is 2.72. The Hall–Kier alpha value is -2.54. The highest BCUT2D eigenvalue weighted by molar-refractivity contribution is 5.73. The number of hydrogen-bond donors (Lipinski definition) is 1. The minimum Gasteiger partial charge on any atom is -0.492 e. The molecule has 0 atom stereocenters. The fraction of sp³-hybridized carbons (Fsp3) is 0.500. The highest BCUT2D eigenvalue weighted by Crippen LogP contribution is 2.13. The summed E-state index contributed by atoms with van der Waals surface area (Å²) < 4.78 is 12.7. The smallest absolute Gasteiger partial charge is 0.317 e. The van der Waals surface area contributed by atoms with Gasteiger partial charge in [-0.15, -0.1) is 0 Å². The van der Waals surface area contributed by atoms with Crippen LogP contribution < -0.4 is 10.1 Å². The third kappa shape index (κ3) is 5.99. The molecule has 0 fully saturated rings. The zero-order valence-corrected chi connectivity index (χ0v) is 16.9. The van der Waals surface area contributed by atoms with Crippen molar-refractivity contribution in [1.82, 2.24) is 20.0 Å². The first-order valence-corrected chi connectivity index (χ1v) is 9.12. The molecule has 0 unspecified atom stereocenters. The summed E-state index contributed by atoms with van der Waals surface area (Å²) in [5.74, 6) is 0.809. The Morgan fingerprint density at radius 1 is 1.19 bits per heavy atom. The van der Waals surface area contributed by atoms with E-state index in [0.717, 1.165) is 22.7 Å². The van der Waals surface area contributed by atoms with E-state index in [0.29, 0.717) is 32.8 Å². The molecule has 1 heterocycles. The number of aryl methyl sites for hydroxylation is 2. The van der Waals surface area contributed by atoms with Crippen molar-refractivity contribution in [2.45, 2.75) is 33.9 Å². The van der Waals surface area contributed by atoms with E-state index in [2.05, 4.69) is 10.4 Å². The van der Waals surface area contributed by atoms with E-state index in [-0.39, 0.29) is 6.03 Å². The molecular formula is C20H30N4O3. The number of urea groups is 1. The van der Waals surface area contributed by atoms with Gasteiger partial charge in [0, 0.05) is 32.0 Å². The molecule has 7 nitrogen and oxygen atoms in total. The molecular weight excluding hydrogens is 344 g/mol. The second kappa shape index (κ2) is 9.97. The summed E-state index contributed by atoms with van der Waals surface area (Å²) in [7, 11) is 3.43. The van der Waals surface area contributed by atoms with Crippen LogP contribution in [0.25, 0.3) is 0 Å². The molecule has 0 radical (unpaired) electrons. The van der Waals surface area contributed by atoms with E-state index in [9.17, 15) is 4.79 Å². The number of amides is 2. The third-order valence-corrected chi connectivity index (χ3v) is 4.52. The Kier molecular flexibility index (Phi) is 7.67. The number of nitrogens with one attached hydrogen (secondary N) is 1. The first kappa shape index (κ1) is 20.8. The first-order valence-electron chi connectivity index (χ1n) is 9.12. The van der Waals surface area contributed by atoms with Gasteiger partial charge in [-0.05, 0) is 32.9 Å². The monoisotopic (exact) mass is 374 g/mol. The summed E-state index contributed by atoms with van der Waals surface area (Å²) >= 11 is 0. The molecule has 7 heteroatoms. The maximum atomic E-state index is 12.3. The van der Waals surface area contributed by atoms with Crippen molar-refractivity contribution in [1.29, 1.82) is 0 Å². The minimum atomic E-state index is -0.133. The number of carbonyl (C=O) groups excluding carboxylic acids is 1. The van der Waals surface area contributed by atoms with Crippen molar-refractivity contribution in [2.24, 2.45) is 0 Å². The Labute approximate surface area is 161 Å². The van der Waals surface area contributed by atoms with Gasteiger partial charge in [-0.1, -0.05) is 17.7 Å². The first-order chi connectivity index (χ1) is 12.9. The summed E-state index contributed by atoms with van der Waals surface area (Å²) in [6, 6.07) is 7.74. The Morgan fingerprint density at radius 3 is 2.56 bits per heavy atom. The average molecular weight is 374 g/mol. The normalized spacial score (nSPS) is 10.7. The van der Waals surface area contributed by atoms with Crippen molar-refractivity contribution in [3.8, 4) is 5.75 Å². The van der Waals surface area contributed by atoms with E-state index >= 15 is 0 Å². The minimum absolute atomic E-state index is 0.133. The molecule has 1 aromatic carbocycles. The second-order valence-electron chi connectivity index (χ2n) is 6.61. The lowest BCUT2D eigenvalue weighted by Gasteiger charge is -2.18. The van der Waals surface area contributed by atoms with Gasteiger partial charge in [0.25, 0.3) is 0 Å². The Morgan fingerprint density at radius 2 is 1.89 bits per heavy atom. The number of aromatic nitrogens is 2. The summed E-state index contributed by atoms with van der Waals surface area (Å²) in [6.07, 6.45) is 0. The summed E-state index contributed by atoms with van der Waals surface area (Å²) in [4.78, 5) is 13.9. The van der Waals surface area contributed by atoms with Gasteiger partial charge < -0.3 is 19.7 Å². The van der Waals surface area contributed by atoms with Crippen LogP contribution in [0.3, 0.4) is 0 Å². The van der Waals surface area contributed by atoms with E-state index in [1.165, 1.54) is 5.56 Å². The lowest BCUT2D eigenvalue weighted by atomic mass is 10.2. The van der Waals surface area contributed by atoms with Crippen molar-refractivity contribution >= 4 is 6.03 Å². The Bertz CT molecular complexity index is 740. The topological polar surface area (TPSA) is 68.6 Å². The number of hydrogen-bond acceptors (Lipinski definition) is 4. The van der Waals surface area contributed by atoms with E-state index in [1.807, 2.05) is 49.7 Å². The summed E-state index contributed by atoms with van der Waals surface area (Å²) in [6.45, 7) is 8.71. The van der Waals surface area contributed by atoms with Crippen molar-refractivity contribution in [2.75, 3.05) is 33.9 Å². The lowest BCUT2D eigenvalue weighted by Crippen LogP contribution is -2.39. The number of carbonyl (C=O) groups is 1. The van der Waals surface area contributed by atoms with Gasteiger partial charge in [0.15, 0.2) is 0 Å². The van der Waals surface area contributed by atoms with Gasteiger partial charge in [-0.25, -0.2) is 4.79 Å². The van der Waals surface area contributed by atoms with Crippen LogP contribution in [0.4, 0.5) is 4.79 Å². The predicted molar refractivity (Wildman–Crippen MR) is 105 cm³/mol. The van der Waals surface area contributed by atoms with Crippen LogP contribution in [-0.4, -0.2) is 54.6 Å². The molecule has 2 amide bonds. The maximum absolute atomic E-state index is 12.3. The molecule has 27 heavy (non-hydrogen) atoms. The van der Waals surface area contributed by atoms with Gasteiger partial charge in [0.1, 0.15) is 12.4 Å². The van der Waals surface area contributed by atoms with Crippen LogP contribution in [-0.2, 0) is 17.8 Å². The maximum Gasteiger partial charge on any atom is 0.317 e. The number of rotatable bonds is 9. The third-order valence-electron chi connectivity index (χ3n) is 4.52. The van der Waals surface area contributed by atoms with Gasteiger partial charge in [0.05, 0.1) is 25.4 Å². The highest BCUT2D eigenvalue weighted by Gasteiger charge is 2.14. The van der Waals surface area contributed by atoms with Crippen LogP contribution in [0.1, 0.15) is 22.5 Å². The van der Waals surface area contributed by atoms with Crippen LogP contribution in [0.15, 0.2) is 24.3 Å². The van der Waals surface area contributed by atoms with Gasteiger partial charge >= 0.3 is 6.03 Å². The van der Waals surface area contributed by atoms with E-state index in [1.54, 1.807) is 19.1 Å². The quantitative estimate of drug-likeness (QED) is 0.733.